The molecule has 0 aliphatic heterocycles. The molecule has 1 heterocycles. The third kappa shape index (κ3) is 2.16. The third-order valence-electron chi connectivity index (χ3n) is 2.53. The van der Waals surface area contributed by atoms with Crippen LogP contribution in [-0.2, 0) is 0 Å². The molecule has 0 saturated heterocycles. The number of thioether (sulfide) groups is 1. The van der Waals surface area contributed by atoms with E-state index in [4.69, 9.17) is 0 Å². The van der Waals surface area contributed by atoms with Gasteiger partial charge in [0.25, 0.3) is 0 Å². The summed E-state index contributed by atoms with van der Waals surface area (Å²) in [6.45, 7) is 0. The van der Waals surface area contributed by atoms with E-state index in [2.05, 4.69) is 39.7 Å². The van der Waals surface area contributed by atoms with Gasteiger partial charge >= 0.3 is 0 Å². The molecule has 0 fully saturated rings. The Labute approximate surface area is 93.7 Å². The van der Waals surface area contributed by atoms with Gasteiger partial charge in [-0.05, 0) is 31.0 Å². The first-order chi connectivity index (χ1) is 7.35. The van der Waals surface area contributed by atoms with E-state index >= 15 is 0 Å². The normalized spacial score (nSPS) is 13.2. The SMILES string of the molecule is CNC(CSC)c1ccc2nc[nH]c2c1. The second-order valence-electron chi connectivity index (χ2n) is 3.48. The zero-order valence-electron chi connectivity index (χ0n) is 8.95. The molecule has 15 heavy (non-hydrogen) atoms. The molecule has 0 spiro atoms. The Morgan fingerprint density at radius 1 is 1.53 bits per heavy atom. The first kappa shape index (κ1) is 10.5. The lowest BCUT2D eigenvalue weighted by atomic mass is 10.1. The van der Waals surface area contributed by atoms with Crippen LogP contribution in [0.5, 0.6) is 0 Å². The van der Waals surface area contributed by atoms with Crippen molar-refractivity contribution in [3.63, 3.8) is 0 Å². The number of nitrogens with zero attached hydrogens (tertiary/aromatic N) is 1. The van der Waals surface area contributed by atoms with E-state index in [9.17, 15) is 0 Å². The summed E-state index contributed by atoms with van der Waals surface area (Å²) < 4.78 is 0. The zero-order valence-corrected chi connectivity index (χ0v) is 9.77. The maximum atomic E-state index is 4.21. The summed E-state index contributed by atoms with van der Waals surface area (Å²) in [5, 5.41) is 3.32. The Balaban J connectivity index is 2.33. The molecule has 3 nitrogen and oxygen atoms in total. The van der Waals surface area contributed by atoms with E-state index in [-0.39, 0.29) is 0 Å². The first-order valence-corrected chi connectivity index (χ1v) is 6.33. The molecule has 2 aromatic rings. The summed E-state index contributed by atoms with van der Waals surface area (Å²) in [4.78, 5) is 7.35. The van der Waals surface area contributed by atoms with Crippen LogP contribution >= 0.6 is 11.8 Å². The Morgan fingerprint density at radius 2 is 2.40 bits per heavy atom. The lowest BCUT2D eigenvalue weighted by molar-refractivity contribution is 0.663. The number of fused-ring (bicyclic) bond motifs is 1. The van der Waals surface area contributed by atoms with Crippen LogP contribution in [0.15, 0.2) is 24.5 Å². The van der Waals surface area contributed by atoms with E-state index < -0.39 is 0 Å². The Hall–Kier alpha value is -1.00. The average molecular weight is 221 g/mol. The molecule has 4 heteroatoms. The molecule has 0 saturated carbocycles. The van der Waals surface area contributed by atoms with Gasteiger partial charge in [-0.1, -0.05) is 6.07 Å². The van der Waals surface area contributed by atoms with E-state index in [1.807, 2.05) is 18.8 Å². The molecule has 0 bridgehead atoms. The van der Waals surface area contributed by atoms with Gasteiger partial charge in [0.15, 0.2) is 0 Å². The molecular weight excluding hydrogens is 206 g/mol. The van der Waals surface area contributed by atoms with E-state index in [1.165, 1.54) is 5.56 Å². The predicted molar refractivity (Wildman–Crippen MR) is 66.3 cm³/mol. The molecule has 2 N–H and O–H groups in total. The van der Waals surface area contributed by atoms with Crippen molar-refractivity contribution < 1.29 is 0 Å². The molecule has 0 radical (unpaired) electrons. The van der Waals surface area contributed by atoms with Crippen molar-refractivity contribution in [2.75, 3.05) is 19.1 Å². The second kappa shape index (κ2) is 4.68. The second-order valence-corrected chi connectivity index (χ2v) is 4.39. The lowest BCUT2D eigenvalue weighted by Crippen LogP contribution is -2.18. The summed E-state index contributed by atoms with van der Waals surface area (Å²) in [6, 6.07) is 6.78. The summed E-state index contributed by atoms with van der Waals surface area (Å²) >= 11 is 1.85. The van der Waals surface area contributed by atoms with E-state index in [0.717, 1.165) is 16.8 Å². The highest BCUT2D eigenvalue weighted by Gasteiger charge is 2.09. The maximum Gasteiger partial charge on any atom is 0.0931 e. The highest BCUT2D eigenvalue weighted by molar-refractivity contribution is 7.98. The monoisotopic (exact) mass is 221 g/mol. The van der Waals surface area contributed by atoms with Gasteiger partial charge in [-0.2, -0.15) is 11.8 Å². The topological polar surface area (TPSA) is 40.7 Å². The van der Waals surface area contributed by atoms with Gasteiger partial charge in [-0.25, -0.2) is 4.98 Å². The number of hydrogen-bond acceptors (Lipinski definition) is 3. The van der Waals surface area contributed by atoms with Crippen molar-refractivity contribution >= 4 is 22.8 Å². The van der Waals surface area contributed by atoms with Crippen molar-refractivity contribution in [3.8, 4) is 0 Å². The van der Waals surface area contributed by atoms with Crippen molar-refractivity contribution in [2.45, 2.75) is 6.04 Å². The minimum Gasteiger partial charge on any atom is -0.345 e. The van der Waals surface area contributed by atoms with E-state index in [1.54, 1.807) is 6.33 Å². The van der Waals surface area contributed by atoms with Gasteiger partial charge in [0.05, 0.1) is 17.4 Å². The van der Waals surface area contributed by atoms with Crippen LogP contribution in [0.2, 0.25) is 0 Å². The lowest BCUT2D eigenvalue weighted by Gasteiger charge is -2.15. The van der Waals surface area contributed by atoms with Crippen molar-refractivity contribution in [1.29, 1.82) is 0 Å². The van der Waals surface area contributed by atoms with Gasteiger partial charge in [0, 0.05) is 11.8 Å². The molecule has 1 unspecified atom stereocenters. The maximum absolute atomic E-state index is 4.21. The van der Waals surface area contributed by atoms with Gasteiger partial charge in [0.2, 0.25) is 0 Å². The fraction of sp³-hybridized carbons (Fsp3) is 0.364. The number of H-pyrrole nitrogens is 1. The van der Waals surface area contributed by atoms with Crippen LogP contribution in [0, 0.1) is 0 Å². The number of aromatic amines is 1. The molecule has 0 aliphatic carbocycles. The van der Waals surface area contributed by atoms with Gasteiger partial charge in [-0.15, -0.1) is 0 Å². The Morgan fingerprint density at radius 3 is 3.13 bits per heavy atom. The molecule has 0 amide bonds. The van der Waals surface area contributed by atoms with Crippen molar-refractivity contribution in [2.24, 2.45) is 0 Å². The quantitative estimate of drug-likeness (QED) is 0.831. The molecule has 2 rings (SSSR count). The molecule has 1 atom stereocenters. The van der Waals surface area contributed by atoms with Crippen LogP contribution in [-0.4, -0.2) is 29.0 Å². The molecule has 1 aromatic carbocycles. The van der Waals surface area contributed by atoms with Crippen LogP contribution in [0.1, 0.15) is 11.6 Å². The molecule has 1 aromatic heterocycles. The van der Waals surface area contributed by atoms with Crippen LogP contribution in [0.4, 0.5) is 0 Å². The first-order valence-electron chi connectivity index (χ1n) is 4.94. The number of benzene rings is 1. The largest absolute Gasteiger partial charge is 0.345 e. The smallest absolute Gasteiger partial charge is 0.0931 e. The summed E-state index contributed by atoms with van der Waals surface area (Å²) in [5.41, 5.74) is 3.44. The van der Waals surface area contributed by atoms with Gasteiger partial charge in [-0.3, -0.25) is 0 Å². The van der Waals surface area contributed by atoms with Gasteiger partial charge < -0.3 is 10.3 Å². The fourth-order valence-corrected chi connectivity index (χ4v) is 2.38. The number of aromatic nitrogens is 2. The minimum atomic E-state index is 0.410. The molecule has 80 valence electrons. The van der Waals surface area contributed by atoms with Gasteiger partial charge in [0.1, 0.15) is 0 Å². The fourth-order valence-electron chi connectivity index (χ4n) is 1.68. The summed E-state index contributed by atoms with van der Waals surface area (Å²) in [7, 11) is 2.00. The summed E-state index contributed by atoms with van der Waals surface area (Å²) in [5.74, 6) is 1.08. The Bertz CT molecular complexity index is 438. The van der Waals surface area contributed by atoms with Crippen LogP contribution in [0.3, 0.4) is 0 Å². The highest BCUT2D eigenvalue weighted by Crippen LogP contribution is 2.20. The number of nitrogens with one attached hydrogen (secondary N) is 2. The molecule has 0 aliphatic rings. The number of rotatable bonds is 4. The standard InChI is InChI=1S/C11H15N3S/c1-12-11(6-15-2)8-3-4-9-10(5-8)14-7-13-9/h3-5,7,11-12H,6H2,1-2H3,(H,13,14). The number of hydrogen-bond donors (Lipinski definition) is 2. The van der Waals surface area contributed by atoms with Crippen molar-refractivity contribution in [1.82, 2.24) is 15.3 Å². The highest BCUT2D eigenvalue weighted by atomic mass is 32.2. The minimum absolute atomic E-state index is 0.410. The summed E-state index contributed by atoms with van der Waals surface area (Å²) in [6.07, 6.45) is 3.86. The molecular formula is C11H15N3S. The van der Waals surface area contributed by atoms with Crippen LogP contribution < -0.4 is 5.32 Å². The zero-order chi connectivity index (χ0) is 10.7. The number of imidazole rings is 1. The third-order valence-corrected chi connectivity index (χ3v) is 3.20. The Kier molecular flexibility index (Phi) is 3.28. The average Bonchev–Trinajstić information content (AvgIpc) is 2.72. The van der Waals surface area contributed by atoms with Crippen LogP contribution in [0.25, 0.3) is 11.0 Å². The van der Waals surface area contributed by atoms with E-state index in [0.29, 0.717) is 6.04 Å². The van der Waals surface area contributed by atoms with Crippen molar-refractivity contribution in [3.05, 3.63) is 30.1 Å². The predicted octanol–water partition coefficient (Wildman–Crippen LogP) is 2.19.